The molecule has 1 aromatic carbocycles. The number of amides is 1. The molecule has 0 unspecified atom stereocenters. The van der Waals surface area contributed by atoms with Crippen LogP contribution in [-0.2, 0) is 11.3 Å². The van der Waals surface area contributed by atoms with Crippen molar-refractivity contribution in [3.63, 3.8) is 0 Å². The van der Waals surface area contributed by atoms with Crippen molar-refractivity contribution >= 4 is 17.3 Å². The number of nitrogens with zero attached hydrogens (tertiary/aromatic N) is 2. The van der Waals surface area contributed by atoms with E-state index in [1.54, 1.807) is 35.1 Å². The highest BCUT2D eigenvalue weighted by molar-refractivity contribution is 5.90. The molecule has 0 aliphatic heterocycles. The molecule has 1 heterocycles. The monoisotopic (exact) mass is 244 g/mol. The molecule has 5 nitrogen and oxygen atoms in total. The van der Waals surface area contributed by atoms with Crippen LogP contribution in [0.4, 0.5) is 11.4 Å². The van der Waals surface area contributed by atoms with E-state index in [4.69, 9.17) is 5.73 Å². The van der Waals surface area contributed by atoms with Gasteiger partial charge in [0.25, 0.3) is 0 Å². The van der Waals surface area contributed by atoms with Crippen molar-refractivity contribution in [2.75, 3.05) is 11.1 Å². The molecule has 0 spiro atoms. The minimum absolute atomic E-state index is 0.0343. The zero-order chi connectivity index (χ0) is 13.0. The number of hydrogen-bond donors (Lipinski definition) is 2. The Morgan fingerprint density at radius 2 is 2.11 bits per heavy atom. The average molecular weight is 244 g/mol. The number of nitrogens with one attached hydrogen (secondary N) is 1. The van der Waals surface area contributed by atoms with Crippen LogP contribution >= 0.6 is 0 Å². The number of nitrogens with two attached hydrogens (primary N) is 1. The van der Waals surface area contributed by atoms with E-state index in [1.165, 1.54) is 0 Å². The predicted octanol–water partition coefficient (Wildman–Crippen LogP) is 1.80. The van der Waals surface area contributed by atoms with Crippen LogP contribution in [0.25, 0.3) is 0 Å². The summed E-state index contributed by atoms with van der Waals surface area (Å²) in [5, 5.41) is 6.94. The Kier molecular flexibility index (Phi) is 3.62. The van der Waals surface area contributed by atoms with Crippen molar-refractivity contribution in [3.8, 4) is 0 Å². The van der Waals surface area contributed by atoms with Crippen molar-refractivity contribution < 1.29 is 4.79 Å². The van der Waals surface area contributed by atoms with Crippen LogP contribution in [0.15, 0.2) is 36.7 Å². The van der Waals surface area contributed by atoms with Crippen LogP contribution in [0.1, 0.15) is 12.0 Å². The summed E-state index contributed by atoms with van der Waals surface area (Å²) in [6.07, 6.45) is 4.08. The van der Waals surface area contributed by atoms with Crippen LogP contribution in [0.5, 0.6) is 0 Å². The smallest absolute Gasteiger partial charge is 0.226 e. The largest absolute Gasteiger partial charge is 0.399 e. The zero-order valence-corrected chi connectivity index (χ0v) is 10.3. The summed E-state index contributed by atoms with van der Waals surface area (Å²) in [6, 6.07) is 7.08. The molecule has 0 saturated heterocycles. The Bertz CT molecular complexity index is 530. The second kappa shape index (κ2) is 5.35. The summed E-state index contributed by atoms with van der Waals surface area (Å²) in [5.41, 5.74) is 8.10. The fraction of sp³-hybridized carbons (Fsp3) is 0.231. The minimum Gasteiger partial charge on any atom is -0.399 e. The van der Waals surface area contributed by atoms with Crippen LogP contribution < -0.4 is 11.1 Å². The lowest BCUT2D eigenvalue weighted by Crippen LogP contribution is -2.14. The molecule has 94 valence electrons. The molecule has 0 saturated carbocycles. The normalized spacial score (nSPS) is 10.3. The van der Waals surface area contributed by atoms with Crippen LogP contribution in [0.2, 0.25) is 0 Å². The SMILES string of the molecule is Cc1cnn(CCC(=O)Nc2ccc(N)cc2)c1. The summed E-state index contributed by atoms with van der Waals surface area (Å²) in [4.78, 5) is 11.7. The minimum atomic E-state index is -0.0343. The van der Waals surface area contributed by atoms with E-state index < -0.39 is 0 Å². The number of benzene rings is 1. The molecule has 1 amide bonds. The molecule has 0 aliphatic carbocycles. The van der Waals surface area contributed by atoms with E-state index in [9.17, 15) is 4.79 Å². The van der Waals surface area contributed by atoms with E-state index in [0.29, 0.717) is 18.7 Å². The first-order chi connectivity index (χ1) is 8.63. The number of aryl methyl sites for hydroxylation is 2. The summed E-state index contributed by atoms with van der Waals surface area (Å²) >= 11 is 0. The highest BCUT2D eigenvalue weighted by Gasteiger charge is 2.03. The number of hydrogen-bond acceptors (Lipinski definition) is 3. The molecule has 2 aromatic rings. The van der Waals surface area contributed by atoms with Gasteiger partial charge in [0.05, 0.1) is 6.20 Å². The van der Waals surface area contributed by atoms with Crippen molar-refractivity contribution in [1.29, 1.82) is 0 Å². The van der Waals surface area contributed by atoms with Gasteiger partial charge in [0.1, 0.15) is 0 Å². The molecular weight excluding hydrogens is 228 g/mol. The fourth-order valence-electron chi connectivity index (χ4n) is 1.60. The van der Waals surface area contributed by atoms with Gasteiger partial charge in [-0.15, -0.1) is 0 Å². The number of carbonyl (C=O) groups is 1. The van der Waals surface area contributed by atoms with Crippen molar-refractivity contribution in [2.45, 2.75) is 19.9 Å². The lowest BCUT2D eigenvalue weighted by atomic mass is 10.3. The summed E-state index contributed by atoms with van der Waals surface area (Å²) in [6.45, 7) is 2.55. The summed E-state index contributed by atoms with van der Waals surface area (Å²) in [7, 11) is 0. The Morgan fingerprint density at radius 1 is 1.39 bits per heavy atom. The molecule has 18 heavy (non-hydrogen) atoms. The first-order valence-corrected chi connectivity index (χ1v) is 5.78. The summed E-state index contributed by atoms with van der Waals surface area (Å²) in [5.74, 6) is -0.0343. The average Bonchev–Trinajstić information content (AvgIpc) is 2.76. The number of aromatic nitrogens is 2. The quantitative estimate of drug-likeness (QED) is 0.805. The second-order valence-electron chi connectivity index (χ2n) is 4.20. The third-order valence-corrected chi connectivity index (χ3v) is 2.52. The predicted molar refractivity (Wildman–Crippen MR) is 71.1 cm³/mol. The van der Waals surface area contributed by atoms with Crippen LogP contribution in [0.3, 0.4) is 0 Å². The third kappa shape index (κ3) is 3.35. The van der Waals surface area contributed by atoms with Gasteiger partial charge >= 0.3 is 0 Å². The van der Waals surface area contributed by atoms with E-state index in [2.05, 4.69) is 10.4 Å². The van der Waals surface area contributed by atoms with Gasteiger partial charge < -0.3 is 11.1 Å². The van der Waals surface area contributed by atoms with Gasteiger partial charge in [-0.25, -0.2) is 0 Å². The maximum Gasteiger partial charge on any atom is 0.226 e. The Morgan fingerprint density at radius 3 is 2.72 bits per heavy atom. The van der Waals surface area contributed by atoms with Crippen molar-refractivity contribution in [3.05, 3.63) is 42.2 Å². The molecule has 0 radical (unpaired) electrons. The van der Waals surface area contributed by atoms with Gasteiger partial charge in [0.15, 0.2) is 0 Å². The van der Waals surface area contributed by atoms with Crippen LogP contribution in [0, 0.1) is 6.92 Å². The maximum atomic E-state index is 11.7. The Balaban J connectivity index is 1.83. The highest BCUT2D eigenvalue weighted by Crippen LogP contribution is 2.10. The number of anilines is 2. The van der Waals surface area contributed by atoms with E-state index in [-0.39, 0.29) is 5.91 Å². The first-order valence-electron chi connectivity index (χ1n) is 5.78. The molecule has 3 N–H and O–H groups in total. The maximum absolute atomic E-state index is 11.7. The van der Waals surface area contributed by atoms with Gasteiger partial charge in [0, 0.05) is 30.5 Å². The standard InChI is InChI=1S/C13H16N4O/c1-10-8-15-17(9-10)7-6-13(18)16-12-4-2-11(14)3-5-12/h2-5,8-9H,6-7,14H2,1H3,(H,16,18). The van der Waals surface area contributed by atoms with Crippen molar-refractivity contribution in [1.82, 2.24) is 9.78 Å². The van der Waals surface area contributed by atoms with E-state index in [1.807, 2.05) is 13.1 Å². The highest BCUT2D eigenvalue weighted by atomic mass is 16.1. The molecule has 5 heteroatoms. The fourth-order valence-corrected chi connectivity index (χ4v) is 1.60. The van der Waals surface area contributed by atoms with Gasteiger partial charge in [-0.3, -0.25) is 9.48 Å². The van der Waals surface area contributed by atoms with Gasteiger partial charge in [-0.05, 0) is 36.8 Å². The molecule has 0 fully saturated rings. The van der Waals surface area contributed by atoms with Crippen molar-refractivity contribution in [2.24, 2.45) is 0 Å². The molecule has 2 rings (SSSR count). The number of nitrogen functional groups attached to an aromatic ring is 1. The van der Waals surface area contributed by atoms with Gasteiger partial charge in [-0.2, -0.15) is 5.10 Å². The Hall–Kier alpha value is -2.30. The summed E-state index contributed by atoms with van der Waals surface area (Å²) < 4.78 is 1.76. The number of rotatable bonds is 4. The van der Waals surface area contributed by atoms with Gasteiger partial charge in [-0.1, -0.05) is 0 Å². The second-order valence-corrected chi connectivity index (χ2v) is 4.20. The molecule has 1 aromatic heterocycles. The topological polar surface area (TPSA) is 72.9 Å². The van der Waals surface area contributed by atoms with Gasteiger partial charge in [0.2, 0.25) is 5.91 Å². The third-order valence-electron chi connectivity index (χ3n) is 2.52. The van der Waals surface area contributed by atoms with E-state index >= 15 is 0 Å². The Labute approximate surface area is 106 Å². The molecule has 0 aliphatic rings. The number of carbonyl (C=O) groups excluding carboxylic acids is 1. The zero-order valence-electron chi connectivity index (χ0n) is 10.3. The lowest BCUT2D eigenvalue weighted by Gasteiger charge is -2.05. The molecule has 0 bridgehead atoms. The first kappa shape index (κ1) is 12.2. The molecule has 0 atom stereocenters. The van der Waals surface area contributed by atoms with Crippen LogP contribution in [-0.4, -0.2) is 15.7 Å². The van der Waals surface area contributed by atoms with E-state index in [0.717, 1.165) is 11.3 Å². The molecular formula is C13H16N4O. The lowest BCUT2D eigenvalue weighted by molar-refractivity contribution is -0.116.